The third-order valence-corrected chi connectivity index (χ3v) is 3.45. The molecule has 0 bridgehead atoms. The van der Waals surface area contributed by atoms with Gasteiger partial charge in [-0.3, -0.25) is 0 Å². The summed E-state index contributed by atoms with van der Waals surface area (Å²) in [6.07, 6.45) is 4.81. The van der Waals surface area contributed by atoms with Crippen LogP contribution in [0.25, 0.3) is 0 Å². The van der Waals surface area contributed by atoms with Crippen LogP contribution in [0, 0.1) is 12.8 Å². The fourth-order valence-electron chi connectivity index (χ4n) is 2.14. The van der Waals surface area contributed by atoms with Gasteiger partial charge in [0.1, 0.15) is 0 Å². The molecule has 1 aromatic rings. The van der Waals surface area contributed by atoms with E-state index in [1.807, 2.05) is 14.0 Å². The topological polar surface area (TPSA) is 47.3 Å². The molecule has 0 spiro atoms. The molecule has 0 radical (unpaired) electrons. The molecule has 0 saturated heterocycles. The van der Waals surface area contributed by atoms with Crippen molar-refractivity contribution in [2.24, 2.45) is 13.0 Å². The molecule has 0 fully saturated rings. The van der Waals surface area contributed by atoms with Crippen LogP contribution in [0.4, 0.5) is 0 Å². The molecule has 18 heavy (non-hydrogen) atoms. The van der Waals surface area contributed by atoms with Crippen molar-refractivity contribution in [1.82, 2.24) is 9.78 Å². The van der Waals surface area contributed by atoms with Crippen molar-refractivity contribution >= 4 is 0 Å². The minimum atomic E-state index is -0.0131. The second-order valence-electron chi connectivity index (χ2n) is 4.88. The third-order valence-electron chi connectivity index (χ3n) is 3.45. The van der Waals surface area contributed by atoms with Gasteiger partial charge in [-0.15, -0.1) is 0 Å². The lowest BCUT2D eigenvalue weighted by molar-refractivity contribution is 0.207. The van der Waals surface area contributed by atoms with Gasteiger partial charge in [0.25, 0.3) is 0 Å². The van der Waals surface area contributed by atoms with E-state index in [0.717, 1.165) is 17.7 Å². The Bertz CT molecular complexity index is 361. The van der Waals surface area contributed by atoms with E-state index in [0.29, 0.717) is 18.4 Å². The highest BCUT2D eigenvalue weighted by atomic mass is 16.5. The summed E-state index contributed by atoms with van der Waals surface area (Å²) in [7, 11) is 1.86. The SMILES string of the molecule is CCCCC(CC)COc1c(CO)c(C)nn1C. The summed E-state index contributed by atoms with van der Waals surface area (Å²) in [6, 6.07) is 0. The Morgan fingerprint density at radius 3 is 2.67 bits per heavy atom. The molecule has 1 rings (SSSR count). The van der Waals surface area contributed by atoms with Crippen molar-refractivity contribution in [3.63, 3.8) is 0 Å². The molecular weight excluding hydrogens is 228 g/mol. The van der Waals surface area contributed by atoms with Crippen LogP contribution in [-0.2, 0) is 13.7 Å². The molecule has 4 nitrogen and oxygen atoms in total. The van der Waals surface area contributed by atoms with Gasteiger partial charge < -0.3 is 9.84 Å². The average molecular weight is 254 g/mol. The molecule has 104 valence electrons. The smallest absolute Gasteiger partial charge is 0.217 e. The molecule has 0 aromatic carbocycles. The fourth-order valence-corrected chi connectivity index (χ4v) is 2.14. The van der Waals surface area contributed by atoms with Crippen LogP contribution in [0.1, 0.15) is 50.8 Å². The first-order valence-electron chi connectivity index (χ1n) is 6.90. The summed E-state index contributed by atoms with van der Waals surface area (Å²) >= 11 is 0. The Balaban J connectivity index is 2.61. The second-order valence-corrected chi connectivity index (χ2v) is 4.88. The second kappa shape index (κ2) is 7.41. The van der Waals surface area contributed by atoms with Crippen LogP contribution in [0.5, 0.6) is 5.88 Å². The lowest BCUT2D eigenvalue weighted by Gasteiger charge is -2.16. The van der Waals surface area contributed by atoms with Crippen molar-refractivity contribution in [1.29, 1.82) is 0 Å². The molecule has 1 unspecified atom stereocenters. The van der Waals surface area contributed by atoms with Crippen molar-refractivity contribution < 1.29 is 9.84 Å². The number of aliphatic hydroxyl groups excluding tert-OH is 1. The van der Waals surface area contributed by atoms with Gasteiger partial charge in [-0.05, 0) is 19.3 Å². The van der Waals surface area contributed by atoms with Crippen molar-refractivity contribution in [2.45, 2.75) is 53.1 Å². The van der Waals surface area contributed by atoms with Gasteiger partial charge in [-0.25, -0.2) is 4.68 Å². The summed E-state index contributed by atoms with van der Waals surface area (Å²) in [5.41, 5.74) is 1.65. The van der Waals surface area contributed by atoms with Crippen LogP contribution in [0.3, 0.4) is 0 Å². The molecule has 0 aliphatic rings. The zero-order chi connectivity index (χ0) is 13.5. The van der Waals surface area contributed by atoms with Gasteiger partial charge in [-0.1, -0.05) is 33.1 Å². The van der Waals surface area contributed by atoms with E-state index < -0.39 is 0 Å². The number of unbranched alkanes of at least 4 members (excludes halogenated alkanes) is 1. The molecule has 4 heteroatoms. The zero-order valence-corrected chi connectivity index (χ0v) is 12.1. The molecule has 0 aliphatic heterocycles. The highest BCUT2D eigenvalue weighted by Crippen LogP contribution is 2.23. The molecule has 1 atom stereocenters. The van der Waals surface area contributed by atoms with Crippen LogP contribution in [0.15, 0.2) is 0 Å². The number of aryl methyl sites for hydroxylation is 2. The third kappa shape index (κ3) is 3.73. The van der Waals surface area contributed by atoms with Crippen LogP contribution >= 0.6 is 0 Å². The first kappa shape index (κ1) is 15.0. The minimum Gasteiger partial charge on any atom is -0.477 e. The summed E-state index contributed by atoms with van der Waals surface area (Å²) in [5, 5.41) is 13.6. The van der Waals surface area contributed by atoms with Crippen LogP contribution < -0.4 is 4.74 Å². The number of aromatic nitrogens is 2. The maximum absolute atomic E-state index is 9.34. The number of nitrogens with zero attached hydrogens (tertiary/aromatic N) is 2. The summed E-state index contributed by atoms with van der Waals surface area (Å²) in [6.45, 7) is 7.00. The number of hydrogen-bond donors (Lipinski definition) is 1. The van der Waals surface area contributed by atoms with E-state index in [-0.39, 0.29) is 6.61 Å². The van der Waals surface area contributed by atoms with Gasteiger partial charge in [0.05, 0.1) is 24.5 Å². The normalized spacial score (nSPS) is 12.7. The van der Waals surface area contributed by atoms with E-state index in [4.69, 9.17) is 4.74 Å². The van der Waals surface area contributed by atoms with Gasteiger partial charge in [0.2, 0.25) is 5.88 Å². The first-order chi connectivity index (χ1) is 8.63. The maximum Gasteiger partial charge on any atom is 0.217 e. The monoisotopic (exact) mass is 254 g/mol. The van der Waals surface area contributed by atoms with E-state index in [1.54, 1.807) is 4.68 Å². The van der Waals surface area contributed by atoms with Crippen molar-refractivity contribution in [3.05, 3.63) is 11.3 Å². The van der Waals surface area contributed by atoms with E-state index in [1.165, 1.54) is 19.3 Å². The summed E-state index contributed by atoms with van der Waals surface area (Å²) in [4.78, 5) is 0. The Kier molecular flexibility index (Phi) is 6.19. The molecule has 0 amide bonds. The number of hydrogen-bond acceptors (Lipinski definition) is 3. The average Bonchev–Trinajstić information content (AvgIpc) is 2.63. The van der Waals surface area contributed by atoms with Gasteiger partial charge in [0.15, 0.2) is 0 Å². The maximum atomic E-state index is 9.34. The Hall–Kier alpha value is -1.03. The molecular formula is C14H26N2O2. The highest BCUT2D eigenvalue weighted by Gasteiger charge is 2.15. The quantitative estimate of drug-likeness (QED) is 0.776. The van der Waals surface area contributed by atoms with Crippen molar-refractivity contribution in [3.8, 4) is 5.88 Å². The van der Waals surface area contributed by atoms with Gasteiger partial charge in [-0.2, -0.15) is 5.10 Å². The predicted molar refractivity (Wildman–Crippen MR) is 72.7 cm³/mol. The number of rotatable bonds is 8. The molecule has 0 saturated carbocycles. The summed E-state index contributed by atoms with van der Waals surface area (Å²) in [5.74, 6) is 1.30. The van der Waals surface area contributed by atoms with Crippen molar-refractivity contribution in [2.75, 3.05) is 6.61 Å². The standard InChI is InChI=1S/C14H26N2O2/c1-5-7-8-12(6-2)10-18-14-13(9-17)11(3)15-16(14)4/h12,17H,5-10H2,1-4H3. The minimum absolute atomic E-state index is 0.0131. The highest BCUT2D eigenvalue weighted by molar-refractivity contribution is 5.30. The lowest BCUT2D eigenvalue weighted by Crippen LogP contribution is -2.13. The molecule has 1 N–H and O–H groups in total. The van der Waals surface area contributed by atoms with E-state index in [2.05, 4.69) is 18.9 Å². The Labute approximate surface area is 110 Å². The summed E-state index contributed by atoms with van der Waals surface area (Å²) < 4.78 is 7.59. The van der Waals surface area contributed by atoms with Crippen LogP contribution in [0.2, 0.25) is 0 Å². The predicted octanol–water partition coefficient (Wildman–Crippen LogP) is 2.82. The number of aliphatic hydroxyl groups is 1. The molecule has 1 heterocycles. The van der Waals surface area contributed by atoms with Gasteiger partial charge >= 0.3 is 0 Å². The first-order valence-corrected chi connectivity index (χ1v) is 6.90. The fraction of sp³-hybridized carbons (Fsp3) is 0.786. The molecule has 1 aromatic heterocycles. The van der Waals surface area contributed by atoms with E-state index in [9.17, 15) is 5.11 Å². The molecule has 0 aliphatic carbocycles. The van der Waals surface area contributed by atoms with Crippen LogP contribution in [-0.4, -0.2) is 21.5 Å². The van der Waals surface area contributed by atoms with E-state index >= 15 is 0 Å². The van der Waals surface area contributed by atoms with Gasteiger partial charge in [0, 0.05) is 7.05 Å². The zero-order valence-electron chi connectivity index (χ0n) is 12.1. The Morgan fingerprint density at radius 2 is 2.11 bits per heavy atom. The Morgan fingerprint density at radius 1 is 1.39 bits per heavy atom. The number of ether oxygens (including phenoxy) is 1. The lowest BCUT2D eigenvalue weighted by atomic mass is 10.0. The largest absolute Gasteiger partial charge is 0.477 e.